The SMILES string of the molecule is COc1cccc(C2(C)NCC(C)(C)CO2)c1.Cl. The number of hydrogen-bond donors (Lipinski definition) is 1. The molecule has 0 spiro atoms. The van der Waals surface area contributed by atoms with Crippen molar-refractivity contribution in [2.24, 2.45) is 5.41 Å². The maximum Gasteiger partial charge on any atom is 0.142 e. The molecular formula is C14H22ClNO2. The molecule has 0 aromatic heterocycles. The molecule has 1 aromatic carbocycles. The van der Waals surface area contributed by atoms with Crippen LogP contribution >= 0.6 is 12.4 Å². The molecule has 1 atom stereocenters. The van der Waals surface area contributed by atoms with Crippen molar-refractivity contribution in [1.82, 2.24) is 5.32 Å². The summed E-state index contributed by atoms with van der Waals surface area (Å²) >= 11 is 0. The molecule has 18 heavy (non-hydrogen) atoms. The molecular weight excluding hydrogens is 250 g/mol. The van der Waals surface area contributed by atoms with E-state index in [4.69, 9.17) is 9.47 Å². The molecule has 1 saturated heterocycles. The van der Waals surface area contributed by atoms with Crippen molar-refractivity contribution < 1.29 is 9.47 Å². The highest BCUT2D eigenvalue weighted by Gasteiger charge is 2.36. The predicted molar refractivity (Wildman–Crippen MR) is 75.3 cm³/mol. The molecule has 102 valence electrons. The molecule has 4 heteroatoms. The van der Waals surface area contributed by atoms with Crippen molar-refractivity contribution in [3.63, 3.8) is 0 Å². The summed E-state index contributed by atoms with van der Waals surface area (Å²) in [6.07, 6.45) is 0. The van der Waals surface area contributed by atoms with Crippen LogP contribution in [0, 0.1) is 5.41 Å². The van der Waals surface area contributed by atoms with E-state index in [1.165, 1.54) is 0 Å². The van der Waals surface area contributed by atoms with Gasteiger partial charge in [0.1, 0.15) is 11.5 Å². The largest absolute Gasteiger partial charge is 0.497 e. The third-order valence-electron chi connectivity index (χ3n) is 3.28. The second-order valence-electron chi connectivity index (χ2n) is 5.57. The third-order valence-corrected chi connectivity index (χ3v) is 3.28. The average Bonchev–Trinajstić information content (AvgIpc) is 2.33. The van der Waals surface area contributed by atoms with Crippen molar-refractivity contribution in [3.05, 3.63) is 29.8 Å². The van der Waals surface area contributed by atoms with Crippen LogP contribution in [-0.2, 0) is 10.5 Å². The number of methoxy groups -OCH3 is 1. The Labute approximate surface area is 115 Å². The van der Waals surface area contributed by atoms with Crippen LogP contribution in [0.2, 0.25) is 0 Å². The minimum absolute atomic E-state index is 0. The number of benzene rings is 1. The lowest BCUT2D eigenvalue weighted by atomic mass is 9.90. The summed E-state index contributed by atoms with van der Waals surface area (Å²) in [5, 5.41) is 3.48. The summed E-state index contributed by atoms with van der Waals surface area (Å²) in [6, 6.07) is 8.02. The van der Waals surface area contributed by atoms with E-state index in [0.717, 1.165) is 24.5 Å². The fraction of sp³-hybridized carbons (Fsp3) is 0.571. The Morgan fingerprint density at radius 2 is 2.00 bits per heavy atom. The van der Waals surface area contributed by atoms with Gasteiger partial charge in [-0.25, -0.2) is 0 Å². The molecule has 0 saturated carbocycles. The zero-order valence-corrected chi connectivity index (χ0v) is 12.3. The van der Waals surface area contributed by atoms with Gasteiger partial charge in [-0.05, 0) is 19.1 Å². The Morgan fingerprint density at radius 3 is 2.56 bits per heavy atom. The van der Waals surface area contributed by atoms with Crippen LogP contribution in [0.5, 0.6) is 5.75 Å². The Morgan fingerprint density at radius 1 is 1.28 bits per heavy atom. The van der Waals surface area contributed by atoms with Gasteiger partial charge in [-0.1, -0.05) is 26.0 Å². The Balaban J connectivity index is 0.00000162. The van der Waals surface area contributed by atoms with E-state index in [0.29, 0.717) is 0 Å². The quantitative estimate of drug-likeness (QED) is 0.897. The van der Waals surface area contributed by atoms with Crippen LogP contribution in [0.25, 0.3) is 0 Å². The number of ether oxygens (including phenoxy) is 2. The molecule has 0 bridgehead atoms. The molecule has 1 aromatic rings. The zero-order chi connectivity index (χ0) is 12.5. The normalized spacial score (nSPS) is 26.2. The summed E-state index contributed by atoms with van der Waals surface area (Å²) in [4.78, 5) is 0. The van der Waals surface area contributed by atoms with Crippen LogP contribution in [0.1, 0.15) is 26.3 Å². The maximum atomic E-state index is 6.00. The van der Waals surface area contributed by atoms with Crippen molar-refractivity contribution in [1.29, 1.82) is 0 Å². The van der Waals surface area contributed by atoms with Gasteiger partial charge >= 0.3 is 0 Å². The standard InChI is InChI=1S/C14H21NO2.ClH/c1-13(2)9-15-14(3,17-10-13)11-6-5-7-12(8-11)16-4;/h5-8,15H,9-10H2,1-4H3;1H. The number of nitrogens with one attached hydrogen (secondary N) is 1. The summed E-state index contributed by atoms with van der Waals surface area (Å²) in [5.41, 5.74) is 0.884. The molecule has 1 aliphatic heterocycles. The van der Waals surface area contributed by atoms with Crippen LogP contribution in [0.4, 0.5) is 0 Å². The lowest BCUT2D eigenvalue weighted by Gasteiger charge is -2.42. The van der Waals surface area contributed by atoms with Crippen molar-refractivity contribution in [2.45, 2.75) is 26.5 Å². The fourth-order valence-electron chi connectivity index (χ4n) is 1.95. The molecule has 0 aliphatic carbocycles. The van der Waals surface area contributed by atoms with E-state index >= 15 is 0 Å². The van der Waals surface area contributed by atoms with Crippen LogP contribution in [0.3, 0.4) is 0 Å². The predicted octanol–water partition coefficient (Wildman–Crippen LogP) is 2.94. The number of rotatable bonds is 2. The number of hydrogen-bond acceptors (Lipinski definition) is 3. The lowest BCUT2D eigenvalue weighted by Crippen LogP contribution is -2.53. The first-order valence-corrected chi connectivity index (χ1v) is 5.99. The highest BCUT2D eigenvalue weighted by atomic mass is 35.5. The molecule has 1 aliphatic rings. The first kappa shape index (κ1) is 15.3. The monoisotopic (exact) mass is 271 g/mol. The van der Waals surface area contributed by atoms with E-state index in [1.807, 2.05) is 18.2 Å². The highest BCUT2D eigenvalue weighted by molar-refractivity contribution is 5.85. The summed E-state index contributed by atoms with van der Waals surface area (Å²) in [5.74, 6) is 0.860. The van der Waals surface area contributed by atoms with E-state index in [1.54, 1.807) is 7.11 Å². The third kappa shape index (κ3) is 3.16. The van der Waals surface area contributed by atoms with Gasteiger partial charge in [-0.15, -0.1) is 12.4 Å². The van der Waals surface area contributed by atoms with Gasteiger partial charge in [0.15, 0.2) is 0 Å². The van der Waals surface area contributed by atoms with Gasteiger partial charge in [0, 0.05) is 17.5 Å². The van der Waals surface area contributed by atoms with Gasteiger partial charge in [0.25, 0.3) is 0 Å². The summed E-state index contributed by atoms with van der Waals surface area (Å²) in [6.45, 7) is 8.17. The summed E-state index contributed by atoms with van der Waals surface area (Å²) in [7, 11) is 1.68. The van der Waals surface area contributed by atoms with Gasteiger partial charge in [0.2, 0.25) is 0 Å². The highest BCUT2D eigenvalue weighted by Crippen LogP contribution is 2.32. The minimum Gasteiger partial charge on any atom is -0.497 e. The zero-order valence-electron chi connectivity index (χ0n) is 11.4. The Kier molecular flexibility index (Phi) is 4.65. The molecule has 1 fully saturated rings. The van der Waals surface area contributed by atoms with Crippen molar-refractivity contribution in [3.8, 4) is 5.75 Å². The summed E-state index contributed by atoms with van der Waals surface area (Å²) < 4.78 is 11.2. The molecule has 0 radical (unpaired) electrons. The molecule has 2 rings (SSSR count). The molecule has 1 heterocycles. The first-order chi connectivity index (χ1) is 7.95. The molecule has 3 nitrogen and oxygen atoms in total. The fourth-order valence-corrected chi connectivity index (χ4v) is 1.95. The average molecular weight is 272 g/mol. The Hall–Kier alpha value is -0.770. The maximum absolute atomic E-state index is 6.00. The number of halogens is 1. The van der Waals surface area contributed by atoms with Gasteiger partial charge < -0.3 is 9.47 Å². The van der Waals surface area contributed by atoms with Crippen LogP contribution in [0.15, 0.2) is 24.3 Å². The molecule has 0 amide bonds. The second-order valence-corrected chi connectivity index (χ2v) is 5.57. The molecule has 1 N–H and O–H groups in total. The van der Waals surface area contributed by atoms with E-state index in [-0.39, 0.29) is 17.8 Å². The van der Waals surface area contributed by atoms with E-state index in [9.17, 15) is 0 Å². The first-order valence-electron chi connectivity index (χ1n) is 5.99. The van der Waals surface area contributed by atoms with Crippen molar-refractivity contribution in [2.75, 3.05) is 20.3 Å². The van der Waals surface area contributed by atoms with Gasteiger partial charge in [-0.2, -0.15) is 0 Å². The van der Waals surface area contributed by atoms with Crippen molar-refractivity contribution >= 4 is 12.4 Å². The smallest absolute Gasteiger partial charge is 0.142 e. The lowest BCUT2D eigenvalue weighted by molar-refractivity contribution is -0.131. The topological polar surface area (TPSA) is 30.5 Å². The second kappa shape index (κ2) is 5.47. The van der Waals surface area contributed by atoms with E-state index in [2.05, 4.69) is 32.2 Å². The van der Waals surface area contributed by atoms with Gasteiger partial charge in [0.05, 0.1) is 13.7 Å². The Bertz CT molecular complexity index is 397. The van der Waals surface area contributed by atoms with Crippen LogP contribution < -0.4 is 10.1 Å². The minimum atomic E-state index is -0.413. The van der Waals surface area contributed by atoms with Crippen LogP contribution in [-0.4, -0.2) is 20.3 Å². The van der Waals surface area contributed by atoms with E-state index < -0.39 is 5.72 Å². The van der Waals surface area contributed by atoms with Gasteiger partial charge in [-0.3, -0.25) is 5.32 Å². The molecule has 1 unspecified atom stereocenters.